The first-order chi connectivity index (χ1) is 6.53. The van der Waals surface area contributed by atoms with Crippen molar-refractivity contribution in [1.82, 2.24) is 0 Å². The Kier molecular flexibility index (Phi) is 3.56. The number of allylic oxidation sites excluding steroid dienone is 2. The van der Waals surface area contributed by atoms with Gasteiger partial charge in [-0.05, 0) is 29.5 Å². The molecule has 1 rings (SSSR count). The maximum absolute atomic E-state index is 5.43. The van der Waals surface area contributed by atoms with Crippen molar-refractivity contribution in [2.75, 3.05) is 0 Å². The first-order valence-corrected chi connectivity index (χ1v) is 5.28. The molecule has 0 radical (unpaired) electrons. The van der Waals surface area contributed by atoms with E-state index >= 15 is 0 Å². The van der Waals surface area contributed by atoms with Gasteiger partial charge in [-0.1, -0.05) is 40.2 Å². The molecule has 1 heteroatoms. The maximum atomic E-state index is 5.43. The Bertz CT molecular complexity index is 286. The minimum Gasteiger partial charge on any atom is -0.465 e. The minimum atomic E-state index is 0.220. The third kappa shape index (κ3) is 3.41. The van der Waals surface area contributed by atoms with E-state index in [-0.39, 0.29) is 5.41 Å². The average molecular weight is 192 g/mol. The Morgan fingerprint density at radius 3 is 2.57 bits per heavy atom. The van der Waals surface area contributed by atoms with Crippen LogP contribution in [0.5, 0.6) is 0 Å². The standard InChI is InChI=1S/C13H20O/c1-5-7-11(10-13(2,3)4)12-8-6-9-14-12/h6,8-10H,5,7H2,1-4H3/b11-10+. The molecule has 78 valence electrons. The van der Waals surface area contributed by atoms with Crippen LogP contribution in [0.4, 0.5) is 0 Å². The molecular weight excluding hydrogens is 172 g/mol. The molecular formula is C13H20O. The molecule has 0 aliphatic carbocycles. The van der Waals surface area contributed by atoms with Gasteiger partial charge in [0.05, 0.1) is 6.26 Å². The largest absolute Gasteiger partial charge is 0.465 e. The second-order valence-corrected chi connectivity index (χ2v) is 4.76. The van der Waals surface area contributed by atoms with E-state index in [0.717, 1.165) is 18.6 Å². The average Bonchev–Trinajstić information content (AvgIpc) is 2.52. The summed E-state index contributed by atoms with van der Waals surface area (Å²) in [6.45, 7) is 8.84. The summed E-state index contributed by atoms with van der Waals surface area (Å²) in [4.78, 5) is 0. The van der Waals surface area contributed by atoms with Gasteiger partial charge < -0.3 is 4.42 Å². The third-order valence-electron chi connectivity index (χ3n) is 1.96. The maximum Gasteiger partial charge on any atom is 0.129 e. The highest BCUT2D eigenvalue weighted by Crippen LogP contribution is 2.27. The molecule has 0 fully saturated rings. The lowest BCUT2D eigenvalue weighted by Crippen LogP contribution is -2.01. The van der Waals surface area contributed by atoms with Crippen molar-refractivity contribution in [2.24, 2.45) is 5.41 Å². The molecule has 0 bridgehead atoms. The molecule has 14 heavy (non-hydrogen) atoms. The van der Waals surface area contributed by atoms with Crippen molar-refractivity contribution in [2.45, 2.75) is 40.5 Å². The van der Waals surface area contributed by atoms with E-state index in [1.54, 1.807) is 6.26 Å². The smallest absolute Gasteiger partial charge is 0.129 e. The van der Waals surface area contributed by atoms with Crippen molar-refractivity contribution < 1.29 is 4.42 Å². The highest BCUT2D eigenvalue weighted by Gasteiger charge is 2.11. The summed E-state index contributed by atoms with van der Waals surface area (Å²) < 4.78 is 5.43. The number of hydrogen-bond donors (Lipinski definition) is 0. The third-order valence-corrected chi connectivity index (χ3v) is 1.96. The van der Waals surface area contributed by atoms with Gasteiger partial charge in [0, 0.05) is 0 Å². The zero-order valence-electron chi connectivity index (χ0n) is 9.63. The van der Waals surface area contributed by atoms with Crippen molar-refractivity contribution in [3.8, 4) is 0 Å². The quantitative estimate of drug-likeness (QED) is 0.686. The molecule has 0 atom stereocenters. The second kappa shape index (κ2) is 4.50. The molecule has 1 aromatic rings. The molecule has 0 aliphatic heterocycles. The summed E-state index contributed by atoms with van der Waals surface area (Å²) >= 11 is 0. The van der Waals surface area contributed by atoms with Crippen LogP contribution in [0.15, 0.2) is 28.9 Å². The van der Waals surface area contributed by atoms with Gasteiger partial charge in [0.1, 0.15) is 5.76 Å². The van der Waals surface area contributed by atoms with E-state index < -0.39 is 0 Å². The predicted octanol–water partition coefficient (Wildman–Crippen LogP) is 4.51. The van der Waals surface area contributed by atoms with Gasteiger partial charge >= 0.3 is 0 Å². The summed E-state index contributed by atoms with van der Waals surface area (Å²) in [5.74, 6) is 1.02. The fourth-order valence-corrected chi connectivity index (χ4v) is 1.52. The van der Waals surface area contributed by atoms with Gasteiger partial charge in [-0.3, -0.25) is 0 Å². The van der Waals surface area contributed by atoms with Crippen LogP contribution in [0.3, 0.4) is 0 Å². The second-order valence-electron chi connectivity index (χ2n) is 4.76. The Balaban J connectivity index is 2.91. The van der Waals surface area contributed by atoms with Crippen LogP contribution in [0.1, 0.15) is 46.3 Å². The number of hydrogen-bond acceptors (Lipinski definition) is 1. The summed E-state index contributed by atoms with van der Waals surface area (Å²) in [5.41, 5.74) is 1.54. The van der Waals surface area contributed by atoms with E-state index in [0.29, 0.717) is 0 Å². The summed E-state index contributed by atoms with van der Waals surface area (Å²) in [6.07, 6.45) is 6.28. The zero-order valence-corrected chi connectivity index (χ0v) is 9.63. The lowest BCUT2D eigenvalue weighted by Gasteiger charge is -2.15. The predicted molar refractivity (Wildman–Crippen MR) is 61.0 cm³/mol. The molecule has 0 saturated carbocycles. The van der Waals surface area contributed by atoms with Crippen LogP contribution in [0.25, 0.3) is 5.57 Å². The SMILES string of the molecule is CCC/C(=C\C(C)(C)C)c1ccco1. The van der Waals surface area contributed by atoms with Crippen LogP contribution in [-0.2, 0) is 0 Å². The molecule has 0 unspecified atom stereocenters. The van der Waals surface area contributed by atoms with Crippen LogP contribution >= 0.6 is 0 Å². The zero-order chi connectivity index (χ0) is 10.6. The Morgan fingerprint density at radius 1 is 1.43 bits per heavy atom. The van der Waals surface area contributed by atoms with E-state index in [1.807, 2.05) is 12.1 Å². The molecule has 0 aromatic carbocycles. The molecule has 0 spiro atoms. The molecule has 0 saturated heterocycles. The fourth-order valence-electron chi connectivity index (χ4n) is 1.52. The molecule has 0 amide bonds. The van der Waals surface area contributed by atoms with E-state index in [4.69, 9.17) is 4.42 Å². The number of furan rings is 1. The first-order valence-electron chi connectivity index (χ1n) is 5.28. The van der Waals surface area contributed by atoms with E-state index in [1.165, 1.54) is 5.57 Å². The van der Waals surface area contributed by atoms with E-state index in [2.05, 4.69) is 33.8 Å². The Morgan fingerprint density at radius 2 is 2.14 bits per heavy atom. The normalized spacial score (nSPS) is 13.3. The Labute approximate surface area is 86.8 Å². The van der Waals surface area contributed by atoms with Crippen LogP contribution < -0.4 is 0 Å². The van der Waals surface area contributed by atoms with Crippen LogP contribution in [0, 0.1) is 5.41 Å². The minimum absolute atomic E-state index is 0.220. The van der Waals surface area contributed by atoms with Crippen LogP contribution in [0.2, 0.25) is 0 Å². The van der Waals surface area contributed by atoms with Gasteiger partial charge in [0.25, 0.3) is 0 Å². The highest BCUT2D eigenvalue weighted by atomic mass is 16.3. The van der Waals surface area contributed by atoms with Gasteiger partial charge in [-0.25, -0.2) is 0 Å². The van der Waals surface area contributed by atoms with Crippen molar-refractivity contribution in [3.63, 3.8) is 0 Å². The van der Waals surface area contributed by atoms with Crippen molar-refractivity contribution in [1.29, 1.82) is 0 Å². The van der Waals surface area contributed by atoms with Gasteiger partial charge in [-0.15, -0.1) is 0 Å². The summed E-state index contributed by atoms with van der Waals surface area (Å²) in [7, 11) is 0. The topological polar surface area (TPSA) is 13.1 Å². The summed E-state index contributed by atoms with van der Waals surface area (Å²) in [5, 5.41) is 0. The number of rotatable bonds is 3. The molecule has 0 N–H and O–H groups in total. The summed E-state index contributed by atoms with van der Waals surface area (Å²) in [6, 6.07) is 3.98. The highest BCUT2D eigenvalue weighted by molar-refractivity contribution is 5.61. The Hall–Kier alpha value is -0.980. The molecule has 1 aromatic heterocycles. The van der Waals surface area contributed by atoms with Crippen molar-refractivity contribution >= 4 is 5.57 Å². The molecule has 1 nitrogen and oxygen atoms in total. The first kappa shape index (κ1) is 11.1. The lowest BCUT2D eigenvalue weighted by atomic mass is 9.91. The molecule has 1 heterocycles. The van der Waals surface area contributed by atoms with E-state index in [9.17, 15) is 0 Å². The van der Waals surface area contributed by atoms with Gasteiger partial charge in [0.2, 0.25) is 0 Å². The molecule has 0 aliphatic rings. The lowest BCUT2D eigenvalue weighted by molar-refractivity contribution is 0.528. The van der Waals surface area contributed by atoms with Crippen molar-refractivity contribution in [3.05, 3.63) is 30.2 Å². The van der Waals surface area contributed by atoms with Gasteiger partial charge in [0.15, 0.2) is 0 Å². The van der Waals surface area contributed by atoms with Crippen LogP contribution in [-0.4, -0.2) is 0 Å². The van der Waals surface area contributed by atoms with Gasteiger partial charge in [-0.2, -0.15) is 0 Å². The monoisotopic (exact) mass is 192 g/mol. The fraction of sp³-hybridized carbons (Fsp3) is 0.538.